The van der Waals surface area contributed by atoms with Crippen LogP contribution in [0.25, 0.3) is 16.6 Å². The van der Waals surface area contributed by atoms with Crippen molar-refractivity contribution >= 4 is 20.9 Å². The summed E-state index contributed by atoms with van der Waals surface area (Å²) in [6, 6.07) is 21.2. The van der Waals surface area contributed by atoms with Gasteiger partial charge < -0.3 is 4.57 Å². The molecule has 0 radical (unpaired) electrons. The number of hydrogen-bond acceptors (Lipinski definition) is 5. The van der Waals surface area contributed by atoms with E-state index in [1.54, 1.807) is 35.7 Å². The molecule has 3 aromatic heterocycles. The fraction of sp³-hybridized carbons (Fsp3) is 0.258. The molecule has 40 heavy (non-hydrogen) atoms. The molecule has 0 bridgehead atoms. The van der Waals surface area contributed by atoms with Crippen LogP contribution in [0.2, 0.25) is 0 Å². The van der Waals surface area contributed by atoms with E-state index in [1.807, 2.05) is 36.0 Å². The lowest BCUT2D eigenvalue weighted by Gasteiger charge is -2.32. The smallest absolute Gasteiger partial charge is 0.250 e. The van der Waals surface area contributed by atoms with E-state index in [4.69, 9.17) is 0 Å². The number of aryl methyl sites for hydroxylation is 3. The second-order valence-corrected chi connectivity index (χ2v) is 12.7. The maximum atomic E-state index is 13.7. The summed E-state index contributed by atoms with van der Waals surface area (Å²) < 4.78 is 32.3. The van der Waals surface area contributed by atoms with E-state index in [9.17, 15) is 13.2 Å². The summed E-state index contributed by atoms with van der Waals surface area (Å²) in [7, 11) is -1.97. The monoisotopic (exact) mass is 553 g/mol. The van der Waals surface area contributed by atoms with E-state index in [-0.39, 0.29) is 10.5 Å². The number of aromatic nitrogens is 4. The van der Waals surface area contributed by atoms with Crippen LogP contribution in [-0.4, -0.2) is 45.1 Å². The molecule has 0 aliphatic carbocycles. The molecule has 0 spiro atoms. The Bertz CT molecular complexity index is 1880. The summed E-state index contributed by atoms with van der Waals surface area (Å²) in [5.41, 5.74) is 5.39. The molecule has 8 nitrogen and oxygen atoms in total. The number of benzene rings is 2. The number of pyridine rings is 2. The molecule has 1 aliphatic heterocycles. The Hall–Kier alpha value is -4.08. The van der Waals surface area contributed by atoms with E-state index < -0.39 is 15.4 Å². The highest BCUT2D eigenvalue weighted by Crippen LogP contribution is 2.42. The summed E-state index contributed by atoms with van der Waals surface area (Å²) in [5.74, 6) is 0. The number of fused-ring (bicyclic) bond motifs is 1. The van der Waals surface area contributed by atoms with Gasteiger partial charge >= 0.3 is 0 Å². The van der Waals surface area contributed by atoms with Crippen molar-refractivity contribution in [2.45, 2.75) is 37.0 Å². The molecule has 1 fully saturated rings. The maximum Gasteiger partial charge on any atom is 0.250 e. The number of sulfonamides is 1. The highest BCUT2D eigenvalue weighted by atomic mass is 32.2. The van der Waals surface area contributed by atoms with Crippen molar-refractivity contribution in [3.8, 4) is 5.69 Å². The molecule has 1 aliphatic rings. The first-order valence-electron chi connectivity index (χ1n) is 13.3. The Labute approximate surface area is 233 Å². The molecular weight excluding hydrogens is 522 g/mol. The SMILES string of the molecule is Cc1ccc(S(=O)(=O)N2CCC(Cc3ccccc3)(c3cc4cnn(-c5ccc(=O)n(C)c5)c4cc3C)C2)cn1. The van der Waals surface area contributed by atoms with Gasteiger partial charge in [-0.3, -0.25) is 9.78 Å². The molecule has 0 amide bonds. The molecule has 1 saturated heterocycles. The van der Waals surface area contributed by atoms with Gasteiger partial charge in [0.15, 0.2) is 0 Å². The van der Waals surface area contributed by atoms with Crippen LogP contribution in [0.1, 0.15) is 28.8 Å². The Balaban J connectivity index is 1.44. The lowest BCUT2D eigenvalue weighted by atomic mass is 9.73. The van der Waals surface area contributed by atoms with E-state index >= 15 is 0 Å². The third-order valence-electron chi connectivity index (χ3n) is 8.03. The van der Waals surface area contributed by atoms with Gasteiger partial charge in [0.25, 0.3) is 0 Å². The zero-order chi connectivity index (χ0) is 28.1. The van der Waals surface area contributed by atoms with Crippen LogP contribution < -0.4 is 5.56 Å². The predicted octanol–water partition coefficient (Wildman–Crippen LogP) is 4.31. The van der Waals surface area contributed by atoms with Crippen molar-refractivity contribution in [2.75, 3.05) is 13.1 Å². The summed E-state index contributed by atoms with van der Waals surface area (Å²) in [4.78, 5) is 16.4. The quantitative estimate of drug-likeness (QED) is 0.313. The molecule has 4 heterocycles. The van der Waals surface area contributed by atoms with Crippen LogP contribution in [0.3, 0.4) is 0 Å². The van der Waals surface area contributed by atoms with Crippen molar-refractivity contribution in [1.29, 1.82) is 0 Å². The van der Waals surface area contributed by atoms with Crippen molar-refractivity contribution in [1.82, 2.24) is 23.6 Å². The predicted molar refractivity (Wildman–Crippen MR) is 155 cm³/mol. The minimum atomic E-state index is -3.70. The summed E-state index contributed by atoms with van der Waals surface area (Å²) in [5, 5.41) is 5.60. The van der Waals surface area contributed by atoms with Gasteiger partial charge in [-0.2, -0.15) is 9.40 Å². The Morgan fingerprint density at radius 3 is 2.50 bits per heavy atom. The summed E-state index contributed by atoms with van der Waals surface area (Å²) in [6.45, 7) is 4.73. The number of rotatable bonds is 6. The van der Waals surface area contributed by atoms with Gasteiger partial charge in [0.1, 0.15) is 4.90 Å². The number of nitrogens with zero attached hydrogens (tertiary/aromatic N) is 5. The fourth-order valence-corrected chi connectivity index (χ4v) is 7.37. The van der Waals surface area contributed by atoms with E-state index in [2.05, 4.69) is 41.3 Å². The first kappa shape index (κ1) is 26.2. The van der Waals surface area contributed by atoms with Crippen LogP contribution >= 0.6 is 0 Å². The lowest BCUT2D eigenvalue weighted by Crippen LogP contribution is -2.36. The summed E-state index contributed by atoms with van der Waals surface area (Å²) >= 11 is 0. The molecule has 2 aromatic carbocycles. The van der Waals surface area contributed by atoms with E-state index in [0.29, 0.717) is 25.9 Å². The molecule has 1 unspecified atom stereocenters. The minimum absolute atomic E-state index is 0.0799. The average Bonchev–Trinajstić information content (AvgIpc) is 3.56. The Morgan fingerprint density at radius 1 is 0.975 bits per heavy atom. The summed E-state index contributed by atoms with van der Waals surface area (Å²) in [6.07, 6.45) is 6.47. The molecule has 204 valence electrons. The fourth-order valence-electron chi connectivity index (χ4n) is 5.90. The highest BCUT2D eigenvalue weighted by molar-refractivity contribution is 7.89. The van der Waals surface area contributed by atoms with Gasteiger partial charge in [-0.25, -0.2) is 13.1 Å². The third-order valence-corrected chi connectivity index (χ3v) is 9.86. The van der Waals surface area contributed by atoms with E-state index in [1.165, 1.54) is 22.4 Å². The molecule has 9 heteroatoms. The van der Waals surface area contributed by atoms with Gasteiger partial charge in [-0.1, -0.05) is 30.3 Å². The van der Waals surface area contributed by atoms with Crippen LogP contribution in [0, 0.1) is 13.8 Å². The van der Waals surface area contributed by atoms with Crippen molar-refractivity contribution in [2.24, 2.45) is 7.05 Å². The lowest BCUT2D eigenvalue weighted by molar-refractivity contribution is 0.413. The first-order valence-corrected chi connectivity index (χ1v) is 14.7. The van der Waals surface area contributed by atoms with Crippen LogP contribution in [0.4, 0.5) is 0 Å². The van der Waals surface area contributed by atoms with Gasteiger partial charge in [0.2, 0.25) is 15.6 Å². The van der Waals surface area contributed by atoms with Crippen molar-refractivity contribution in [3.05, 3.63) is 118 Å². The molecular formula is C31H31N5O3S. The normalized spacial score (nSPS) is 18.0. The van der Waals surface area contributed by atoms with Crippen LogP contribution in [-0.2, 0) is 28.9 Å². The second-order valence-electron chi connectivity index (χ2n) is 10.8. The molecule has 0 saturated carbocycles. The zero-order valence-corrected chi connectivity index (χ0v) is 23.6. The Kier molecular flexibility index (Phi) is 6.43. The van der Waals surface area contributed by atoms with Crippen LogP contribution in [0.15, 0.2) is 95.0 Å². The maximum absolute atomic E-state index is 13.7. The molecule has 5 aromatic rings. The van der Waals surface area contributed by atoms with E-state index in [0.717, 1.165) is 33.4 Å². The third kappa shape index (κ3) is 4.55. The highest BCUT2D eigenvalue weighted by Gasteiger charge is 2.45. The zero-order valence-electron chi connectivity index (χ0n) is 22.8. The second kappa shape index (κ2) is 9.83. The number of hydrogen-bond donors (Lipinski definition) is 0. The van der Waals surface area contributed by atoms with Gasteiger partial charge in [-0.05, 0) is 73.7 Å². The topological polar surface area (TPSA) is 90.1 Å². The van der Waals surface area contributed by atoms with Crippen molar-refractivity contribution in [3.63, 3.8) is 0 Å². The molecule has 6 rings (SSSR count). The molecule has 1 atom stereocenters. The van der Waals surface area contributed by atoms with Gasteiger partial charge in [0, 0.05) is 55.1 Å². The van der Waals surface area contributed by atoms with Gasteiger partial charge in [0.05, 0.1) is 17.4 Å². The first-order chi connectivity index (χ1) is 19.2. The van der Waals surface area contributed by atoms with Crippen molar-refractivity contribution < 1.29 is 8.42 Å². The van der Waals surface area contributed by atoms with Crippen LogP contribution in [0.5, 0.6) is 0 Å². The van der Waals surface area contributed by atoms with Gasteiger partial charge in [-0.15, -0.1) is 0 Å². The minimum Gasteiger partial charge on any atom is -0.316 e. The standard InChI is InChI=1S/C31H31N5O3S/c1-22-15-29-25(18-33-36(29)26-10-12-30(37)34(3)20-26)16-28(22)31(17-24-7-5-4-6-8-24)13-14-35(21-31)40(38,39)27-11-9-23(2)32-19-27/h4-12,15-16,18-20H,13-14,17,21H2,1-3H3. The average molecular weight is 554 g/mol. The largest absolute Gasteiger partial charge is 0.316 e. The Morgan fingerprint density at radius 2 is 1.77 bits per heavy atom. The molecule has 0 N–H and O–H groups in total.